The predicted molar refractivity (Wildman–Crippen MR) is 84.2 cm³/mol. The number of rotatable bonds is 7. The van der Waals surface area contributed by atoms with Crippen LogP contribution in [0, 0.1) is 11.8 Å². The van der Waals surface area contributed by atoms with E-state index in [0.29, 0.717) is 24.2 Å². The van der Waals surface area contributed by atoms with E-state index < -0.39 is 0 Å². The third-order valence-electron chi connectivity index (χ3n) is 3.08. The first-order valence-corrected chi connectivity index (χ1v) is 7.81. The highest BCUT2D eigenvalue weighted by Crippen LogP contribution is 2.25. The van der Waals surface area contributed by atoms with Crippen LogP contribution in [0.5, 0.6) is 0 Å². The minimum Gasteiger partial charge on any atom is -0.396 e. The summed E-state index contributed by atoms with van der Waals surface area (Å²) in [6.07, 6.45) is 2.42. The highest BCUT2D eigenvalue weighted by molar-refractivity contribution is 8.00. The molecule has 0 saturated carbocycles. The summed E-state index contributed by atoms with van der Waals surface area (Å²) in [5.41, 5.74) is 1.49. The molecule has 108 valence electrons. The zero-order valence-corrected chi connectivity index (χ0v) is 12.4. The van der Waals surface area contributed by atoms with Gasteiger partial charge in [0.25, 0.3) is 0 Å². The lowest BCUT2D eigenvalue weighted by molar-refractivity contribution is -0.113. The first-order valence-electron chi connectivity index (χ1n) is 6.76. The zero-order valence-electron chi connectivity index (χ0n) is 11.5. The molecular formula is C17H16O3S. The number of benzene rings is 1. The molecule has 1 aliphatic carbocycles. The normalized spacial score (nSPS) is 14.9. The van der Waals surface area contributed by atoms with Crippen molar-refractivity contribution in [3.05, 3.63) is 47.5 Å². The molecule has 1 aliphatic rings. The Balaban J connectivity index is 2.10. The van der Waals surface area contributed by atoms with Gasteiger partial charge in [-0.1, -0.05) is 42.3 Å². The fourth-order valence-corrected chi connectivity index (χ4v) is 3.02. The summed E-state index contributed by atoms with van der Waals surface area (Å²) in [4.78, 5) is 23.5. The first-order chi connectivity index (χ1) is 10.2. The second-order valence-corrected chi connectivity index (χ2v) is 5.92. The number of Topliss-reactive ketones (excluding diaryl/α,β-unsaturated/α-hetero) is 2. The van der Waals surface area contributed by atoms with E-state index in [0.717, 1.165) is 5.57 Å². The molecule has 0 spiro atoms. The molecule has 0 fully saturated rings. The summed E-state index contributed by atoms with van der Waals surface area (Å²) in [6, 6.07) is 9.12. The fraction of sp³-hybridized carbons (Fsp3) is 0.294. The van der Waals surface area contributed by atoms with E-state index >= 15 is 0 Å². The molecule has 0 aromatic heterocycles. The fourth-order valence-electron chi connectivity index (χ4n) is 2.02. The van der Waals surface area contributed by atoms with E-state index in [1.54, 1.807) is 18.2 Å². The molecule has 0 heterocycles. The number of carbonyl (C=O) groups is 2. The molecule has 2 rings (SSSR count). The Bertz CT molecular complexity index is 608. The number of hydrogen-bond acceptors (Lipinski definition) is 4. The maximum atomic E-state index is 12.3. The zero-order chi connectivity index (χ0) is 15.1. The first kappa shape index (κ1) is 15.6. The third-order valence-corrected chi connectivity index (χ3v) is 4.32. The average molecular weight is 300 g/mol. The molecule has 0 aliphatic heterocycles. The highest BCUT2D eigenvalue weighted by Gasteiger charge is 2.20. The summed E-state index contributed by atoms with van der Waals surface area (Å²) in [5, 5.41) is 8.89. The van der Waals surface area contributed by atoms with Crippen LogP contribution in [-0.2, 0) is 4.79 Å². The van der Waals surface area contributed by atoms with E-state index in [2.05, 4.69) is 11.8 Å². The van der Waals surface area contributed by atoms with Crippen molar-refractivity contribution in [2.24, 2.45) is 0 Å². The van der Waals surface area contributed by atoms with Gasteiger partial charge in [-0.15, -0.1) is 0 Å². The van der Waals surface area contributed by atoms with Crippen LogP contribution in [0.4, 0.5) is 0 Å². The van der Waals surface area contributed by atoms with Crippen molar-refractivity contribution in [2.75, 3.05) is 12.4 Å². The largest absolute Gasteiger partial charge is 0.396 e. The SMILES string of the molecule is O=C1C#CC(C(CC(=O)c2ccccc2)SCCO)=CC1. The monoisotopic (exact) mass is 300 g/mol. The third kappa shape index (κ3) is 4.59. The van der Waals surface area contributed by atoms with Crippen LogP contribution >= 0.6 is 11.8 Å². The molecule has 1 unspecified atom stereocenters. The smallest absolute Gasteiger partial charge is 0.209 e. The molecule has 1 N–H and O–H groups in total. The summed E-state index contributed by atoms with van der Waals surface area (Å²) in [7, 11) is 0. The van der Waals surface area contributed by atoms with Crippen molar-refractivity contribution in [3.8, 4) is 11.8 Å². The summed E-state index contributed by atoms with van der Waals surface area (Å²) >= 11 is 1.50. The Morgan fingerprint density at radius 3 is 2.67 bits per heavy atom. The molecule has 0 radical (unpaired) electrons. The van der Waals surface area contributed by atoms with Gasteiger partial charge in [-0.05, 0) is 5.92 Å². The number of aliphatic hydroxyl groups excluding tert-OH is 1. The lowest BCUT2D eigenvalue weighted by Crippen LogP contribution is -2.16. The van der Waals surface area contributed by atoms with Crippen molar-refractivity contribution >= 4 is 23.3 Å². The molecule has 1 aromatic carbocycles. The van der Waals surface area contributed by atoms with Crippen LogP contribution < -0.4 is 0 Å². The average Bonchev–Trinajstić information content (AvgIpc) is 2.53. The second-order valence-electron chi connectivity index (χ2n) is 4.61. The van der Waals surface area contributed by atoms with Crippen LogP contribution in [-0.4, -0.2) is 34.3 Å². The number of hydrogen-bond donors (Lipinski definition) is 1. The topological polar surface area (TPSA) is 54.4 Å². The maximum Gasteiger partial charge on any atom is 0.209 e. The van der Waals surface area contributed by atoms with Crippen LogP contribution in [0.2, 0.25) is 0 Å². The van der Waals surface area contributed by atoms with Crippen LogP contribution in [0.1, 0.15) is 23.2 Å². The van der Waals surface area contributed by atoms with Crippen LogP contribution in [0.15, 0.2) is 42.0 Å². The number of carbonyl (C=O) groups excluding carboxylic acids is 2. The Labute approximate surface area is 128 Å². The molecule has 21 heavy (non-hydrogen) atoms. The standard InChI is InChI=1S/C17H16O3S/c18-10-11-21-17(14-6-8-15(19)9-7-14)12-16(20)13-4-2-1-3-5-13/h1-6,17-18H,8,10-12H2. The summed E-state index contributed by atoms with van der Waals surface area (Å²) in [6.45, 7) is 0.0559. The molecule has 0 bridgehead atoms. The van der Waals surface area contributed by atoms with Gasteiger partial charge in [0.1, 0.15) is 0 Å². The molecule has 3 nitrogen and oxygen atoms in total. The summed E-state index contributed by atoms with van der Waals surface area (Å²) < 4.78 is 0. The maximum absolute atomic E-state index is 12.3. The molecule has 4 heteroatoms. The van der Waals surface area contributed by atoms with Gasteiger partial charge in [0.2, 0.25) is 5.78 Å². The minimum absolute atomic E-state index is 0.0469. The molecule has 1 aromatic rings. The van der Waals surface area contributed by atoms with E-state index in [9.17, 15) is 9.59 Å². The van der Waals surface area contributed by atoms with Gasteiger partial charge in [0, 0.05) is 35.0 Å². The lowest BCUT2D eigenvalue weighted by atomic mass is 9.99. The number of allylic oxidation sites excluding steroid dienone is 1. The van der Waals surface area contributed by atoms with E-state index in [1.807, 2.05) is 18.2 Å². The van der Waals surface area contributed by atoms with Gasteiger partial charge in [0.05, 0.1) is 6.61 Å². The quantitative estimate of drug-likeness (QED) is 0.477. The number of ketones is 2. The minimum atomic E-state index is -0.106. The van der Waals surface area contributed by atoms with E-state index in [1.165, 1.54) is 11.8 Å². The van der Waals surface area contributed by atoms with Crippen LogP contribution in [0.3, 0.4) is 0 Å². The summed E-state index contributed by atoms with van der Waals surface area (Å²) in [5.74, 6) is 5.89. The highest BCUT2D eigenvalue weighted by atomic mass is 32.2. The van der Waals surface area contributed by atoms with Gasteiger partial charge in [0.15, 0.2) is 5.78 Å². The lowest BCUT2D eigenvalue weighted by Gasteiger charge is -2.17. The Morgan fingerprint density at radius 1 is 1.29 bits per heavy atom. The van der Waals surface area contributed by atoms with Crippen molar-refractivity contribution in [2.45, 2.75) is 18.1 Å². The van der Waals surface area contributed by atoms with Crippen molar-refractivity contribution in [3.63, 3.8) is 0 Å². The Morgan fingerprint density at radius 2 is 2.05 bits per heavy atom. The number of thioether (sulfide) groups is 1. The van der Waals surface area contributed by atoms with Gasteiger partial charge in [-0.25, -0.2) is 0 Å². The number of aliphatic hydroxyl groups is 1. The molecule has 1 atom stereocenters. The van der Waals surface area contributed by atoms with Gasteiger partial charge in [-0.2, -0.15) is 11.8 Å². The van der Waals surface area contributed by atoms with Crippen molar-refractivity contribution < 1.29 is 14.7 Å². The van der Waals surface area contributed by atoms with Gasteiger partial charge < -0.3 is 5.11 Å². The predicted octanol–water partition coefficient (Wildman–Crippen LogP) is 2.26. The molecule has 0 saturated heterocycles. The molecule has 0 amide bonds. The van der Waals surface area contributed by atoms with Crippen LogP contribution in [0.25, 0.3) is 0 Å². The van der Waals surface area contributed by atoms with Crippen molar-refractivity contribution in [1.82, 2.24) is 0 Å². The van der Waals surface area contributed by atoms with E-state index in [4.69, 9.17) is 5.11 Å². The Hall–Kier alpha value is -1.83. The van der Waals surface area contributed by atoms with Gasteiger partial charge in [-0.3, -0.25) is 9.59 Å². The Kier molecular flexibility index (Phi) is 5.79. The molecular weight excluding hydrogens is 284 g/mol. The van der Waals surface area contributed by atoms with Gasteiger partial charge >= 0.3 is 0 Å². The van der Waals surface area contributed by atoms with E-state index in [-0.39, 0.29) is 23.4 Å². The second kappa shape index (κ2) is 7.82. The van der Waals surface area contributed by atoms with Crippen molar-refractivity contribution in [1.29, 1.82) is 0 Å².